The van der Waals surface area contributed by atoms with Crippen LogP contribution in [-0.4, -0.2) is 26.6 Å². The molecule has 3 aromatic rings. The van der Waals surface area contributed by atoms with Crippen molar-refractivity contribution < 1.29 is 21.6 Å². The van der Waals surface area contributed by atoms with E-state index in [1.807, 2.05) is 12.1 Å². The van der Waals surface area contributed by atoms with Crippen LogP contribution in [0.25, 0.3) is 0 Å². The first-order valence-electron chi connectivity index (χ1n) is 7.89. The van der Waals surface area contributed by atoms with E-state index in [2.05, 4.69) is 72.8 Å². The summed E-state index contributed by atoms with van der Waals surface area (Å²) in [5.41, 5.74) is 0. The molecular formula is C19H17F6OSSb. The molecule has 3 aromatic carbocycles. The summed E-state index contributed by atoms with van der Waals surface area (Å²) in [6.07, 6.45) is 0. The van der Waals surface area contributed by atoms with E-state index in [9.17, 15) is 16.9 Å². The molecule has 28 heavy (non-hydrogen) atoms. The Morgan fingerprint density at radius 3 is 1.36 bits per heavy atom. The fourth-order valence-electron chi connectivity index (χ4n) is 2.29. The molecule has 0 aromatic heterocycles. The predicted molar refractivity (Wildman–Crippen MR) is 100 cm³/mol. The van der Waals surface area contributed by atoms with E-state index in [0.717, 1.165) is 5.75 Å². The van der Waals surface area contributed by atoms with Crippen molar-refractivity contribution in [3.63, 3.8) is 0 Å². The molecule has 0 N–H and O–H groups in total. The van der Waals surface area contributed by atoms with Gasteiger partial charge in [0, 0.05) is 0 Å². The van der Waals surface area contributed by atoms with Gasteiger partial charge >= 0.3 is 36.4 Å². The van der Waals surface area contributed by atoms with Gasteiger partial charge in [-0.3, -0.25) is 0 Å². The standard InChI is InChI=1S/C19H17OS.6FH.Sb/c1-20-18-14-8-9-15-19(18)21(16-10-4-2-5-11-16)17-12-6-3-7-13-17;;;;;;;/h2-15H,1H3;6*1H;/q+1;;;;;;;+5/p-6. The fraction of sp³-hybridized carbons (Fsp3) is 0.0526. The number of ether oxygens (including phenoxy) is 1. The second kappa shape index (κ2) is 7.91. The van der Waals surface area contributed by atoms with Crippen LogP contribution >= 0.6 is 0 Å². The third-order valence-electron chi connectivity index (χ3n) is 3.25. The summed E-state index contributed by atoms with van der Waals surface area (Å²) in [5.74, 6) is 0.938. The number of hydrogen-bond acceptors (Lipinski definition) is 1. The zero-order chi connectivity index (χ0) is 20.9. The Labute approximate surface area is 164 Å². The van der Waals surface area contributed by atoms with Crippen LogP contribution in [-0.2, 0) is 10.9 Å². The van der Waals surface area contributed by atoms with E-state index in [4.69, 9.17) is 4.74 Å². The molecule has 0 fully saturated rings. The molecule has 0 amide bonds. The Balaban J connectivity index is 0.000000345. The Morgan fingerprint density at radius 2 is 0.964 bits per heavy atom. The normalized spacial score (nSPS) is 13.7. The van der Waals surface area contributed by atoms with Gasteiger partial charge < -0.3 is 4.74 Å². The summed E-state index contributed by atoms with van der Waals surface area (Å²) in [4.78, 5) is 3.82. The molecule has 0 saturated carbocycles. The molecular weight excluding hydrogens is 512 g/mol. The minimum atomic E-state index is -11.2. The first-order chi connectivity index (χ1) is 12.8. The summed E-state index contributed by atoms with van der Waals surface area (Å²) in [6.45, 7) is 0. The number of rotatable bonds is 4. The number of hydrogen-bond donors (Lipinski definition) is 0. The zero-order valence-electron chi connectivity index (χ0n) is 14.6. The van der Waals surface area contributed by atoms with E-state index >= 15 is 0 Å². The second-order valence-electron chi connectivity index (χ2n) is 5.54. The van der Waals surface area contributed by atoms with Crippen molar-refractivity contribution in [2.24, 2.45) is 0 Å². The van der Waals surface area contributed by atoms with Crippen molar-refractivity contribution in [1.82, 2.24) is 0 Å². The topological polar surface area (TPSA) is 9.23 Å². The van der Waals surface area contributed by atoms with Gasteiger partial charge in [-0.2, -0.15) is 0 Å². The van der Waals surface area contributed by atoms with Gasteiger partial charge in [-0.15, -0.1) is 0 Å². The number of para-hydroxylation sites is 1. The molecule has 0 saturated heterocycles. The van der Waals surface area contributed by atoms with Crippen molar-refractivity contribution >= 4 is 30.4 Å². The van der Waals surface area contributed by atoms with Gasteiger partial charge in [0.05, 0.1) is 7.11 Å². The van der Waals surface area contributed by atoms with Crippen LogP contribution in [0, 0.1) is 0 Å². The van der Waals surface area contributed by atoms with Gasteiger partial charge in [-0.05, 0) is 36.4 Å². The minimum absolute atomic E-state index is 0.151. The SMILES string of the molecule is COc1ccccc1[S+](c1ccccc1)c1ccccc1.[F][Sb-]([F])([F])([F])([F])[F]. The van der Waals surface area contributed by atoms with Gasteiger partial charge in [-0.25, -0.2) is 0 Å². The Hall–Kier alpha value is -1.79. The van der Waals surface area contributed by atoms with E-state index < -0.39 is 19.5 Å². The van der Waals surface area contributed by atoms with Gasteiger partial charge in [0.1, 0.15) is 10.9 Å². The quantitative estimate of drug-likeness (QED) is 0.203. The van der Waals surface area contributed by atoms with Gasteiger partial charge in [0.15, 0.2) is 15.5 Å². The van der Waals surface area contributed by atoms with Gasteiger partial charge in [0.25, 0.3) is 0 Å². The van der Waals surface area contributed by atoms with Crippen LogP contribution in [0.15, 0.2) is 99.6 Å². The zero-order valence-corrected chi connectivity index (χ0v) is 18.0. The molecule has 0 bridgehead atoms. The number of methoxy groups -OCH3 is 1. The van der Waals surface area contributed by atoms with Crippen LogP contribution in [0.2, 0.25) is 0 Å². The molecule has 1 nitrogen and oxygen atoms in total. The van der Waals surface area contributed by atoms with Crippen LogP contribution in [0.3, 0.4) is 0 Å². The van der Waals surface area contributed by atoms with Crippen molar-refractivity contribution in [1.29, 1.82) is 0 Å². The molecule has 0 atom stereocenters. The summed E-state index contributed by atoms with van der Waals surface area (Å²) in [7, 11) is 1.58. The third-order valence-corrected chi connectivity index (χ3v) is 5.51. The van der Waals surface area contributed by atoms with Gasteiger partial charge in [-0.1, -0.05) is 48.5 Å². The molecule has 0 radical (unpaired) electrons. The molecule has 9 heteroatoms. The molecule has 0 aliphatic heterocycles. The molecule has 3 rings (SSSR count). The third kappa shape index (κ3) is 8.48. The first-order valence-corrected chi connectivity index (χ1v) is 14.9. The van der Waals surface area contributed by atoms with Crippen molar-refractivity contribution in [2.75, 3.05) is 7.11 Å². The Kier molecular flexibility index (Phi) is 6.36. The maximum absolute atomic E-state index is 11.2. The summed E-state index contributed by atoms with van der Waals surface area (Å²) in [6, 6.07) is 29.5. The molecule has 0 aliphatic carbocycles. The van der Waals surface area contributed by atoms with E-state index in [1.54, 1.807) is 7.11 Å². The molecule has 0 heterocycles. The Morgan fingerprint density at radius 1 is 0.607 bits per heavy atom. The molecule has 0 aliphatic rings. The van der Waals surface area contributed by atoms with Crippen molar-refractivity contribution in [2.45, 2.75) is 14.7 Å². The Bertz CT molecular complexity index is 851. The number of halogens is 6. The molecule has 152 valence electrons. The monoisotopic (exact) mass is 528 g/mol. The van der Waals surface area contributed by atoms with Crippen molar-refractivity contribution in [3.05, 3.63) is 84.9 Å². The summed E-state index contributed by atoms with van der Waals surface area (Å²) < 4.78 is 65.1. The molecule has 0 unspecified atom stereocenters. The van der Waals surface area contributed by atoms with Crippen LogP contribution < -0.4 is 4.74 Å². The average Bonchev–Trinajstić information content (AvgIpc) is 2.62. The van der Waals surface area contributed by atoms with Crippen LogP contribution in [0.5, 0.6) is 5.75 Å². The predicted octanol–water partition coefficient (Wildman–Crippen LogP) is 6.93. The van der Waals surface area contributed by atoms with Gasteiger partial charge in [0.2, 0.25) is 4.90 Å². The van der Waals surface area contributed by atoms with E-state index in [1.165, 1.54) is 14.7 Å². The molecule has 0 spiro atoms. The summed E-state index contributed by atoms with van der Waals surface area (Å²) >= 11 is -11.2. The average molecular weight is 529 g/mol. The maximum atomic E-state index is 9.93. The summed E-state index contributed by atoms with van der Waals surface area (Å²) in [5, 5.41) is 0. The van der Waals surface area contributed by atoms with Crippen LogP contribution in [0.1, 0.15) is 0 Å². The first kappa shape index (κ1) is 22.5. The fourth-order valence-corrected chi connectivity index (χ4v) is 4.50. The van der Waals surface area contributed by atoms with Crippen molar-refractivity contribution in [3.8, 4) is 5.75 Å². The van der Waals surface area contributed by atoms with E-state index in [-0.39, 0.29) is 10.9 Å². The van der Waals surface area contributed by atoms with Crippen LogP contribution in [0.4, 0.5) is 16.9 Å². The number of benzene rings is 3. The second-order valence-corrected chi connectivity index (χ2v) is 13.0. The van der Waals surface area contributed by atoms with E-state index in [0.29, 0.717) is 0 Å².